The maximum Gasteiger partial charge on any atom is 0.145 e. The van der Waals surface area contributed by atoms with Gasteiger partial charge in [0.2, 0.25) is 0 Å². The molecule has 106 valence electrons. The number of rotatable bonds is 3. The van der Waals surface area contributed by atoms with Crippen LogP contribution in [0.1, 0.15) is 0 Å². The van der Waals surface area contributed by atoms with Gasteiger partial charge in [-0.1, -0.05) is 35.9 Å². The molecule has 0 aliphatic rings. The Morgan fingerprint density at radius 1 is 0.905 bits per heavy atom. The zero-order chi connectivity index (χ0) is 14.8. The van der Waals surface area contributed by atoms with Crippen molar-refractivity contribution >= 4 is 28.1 Å². The van der Waals surface area contributed by atoms with Crippen molar-refractivity contribution in [3.8, 4) is 17.2 Å². The summed E-state index contributed by atoms with van der Waals surface area (Å²) in [6, 6.07) is 16.9. The van der Waals surface area contributed by atoms with Crippen molar-refractivity contribution in [3.05, 3.63) is 59.6 Å². The molecule has 3 rings (SSSR count). The van der Waals surface area contributed by atoms with Crippen LogP contribution >= 0.6 is 11.6 Å². The molecule has 3 aromatic carbocycles. The quantitative estimate of drug-likeness (QED) is 0.701. The molecule has 0 saturated carbocycles. The van der Waals surface area contributed by atoms with Crippen LogP contribution in [0.25, 0.3) is 10.8 Å². The molecule has 0 heterocycles. The van der Waals surface area contributed by atoms with Crippen LogP contribution in [0.15, 0.2) is 54.6 Å². The third kappa shape index (κ3) is 2.60. The van der Waals surface area contributed by atoms with Crippen LogP contribution in [-0.2, 0) is 0 Å². The average molecular weight is 300 g/mol. The number of ether oxygens (including phenoxy) is 2. The largest absolute Gasteiger partial charge is 0.494 e. The second kappa shape index (κ2) is 5.54. The van der Waals surface area contributed by atoms with E-state index in [1.807, 2.05) is 36.4 Å². The van der Waals surface area contributed by atoms with Crippen molar-refractivity contribution in [2.75, 3.05) is 12.8 Å². The Bertz CT molecular complexity index is 802. The van der Waals surface area contributed by atoms with Crippen LogP contribution in [0.3, 0.4) is 0 Å². The predicted octanol–water partition coefficient (Wildman–Crippen LogP) is 4.88. The Balaban J connectivity index is 2.04. The van der Waals surface area contributed by atoms with Crippen LogP contribution < -0.4 is 15.2 Å². The van der Waals surface area contributed by atoms with Gasteiger partial charge in [0.25, 0.3) is 0 Å². The van der Waals surface area contributed by atoms with Gasteiger partial charge in [0.15, 0.2) is 0 Å². The van der Waals surface area contributed by atoms with E-state index in [9.17, 15) is 0 Å². The Labute approximate surface area is 127 Å². The number of hydrogen-bond donors (Lipinski definition) is 1. The lowest BCUT2D eigenvalue weighted by Crippen LogP contribution is -1.93. The standard InChI is InChI=1S/C17H14ClNO2/c1-20-17-10-11(6-8-15(17)19)21-16-9-7-14(18)12-4-2-3-5-13(12)16/h2-10H,19H2,1H3. The number of nitrogen functional groups attached to an aromatic ring is 1. The Morgan fingerprint density at radius 3 is 2.43 bits per heavy atom. The second-order valence-electron chi connectivity index (χ2n) is 4.60. The first-order valence-corrected chi connectivity index (χ1v) is 6.85. The summed E-state index contributed by atoms with van der Waals surface area (Å²) in [6.45, 7) is 0. The van der Waals surface area contributed by atoms with E-state index in [4.69, 9.17) is 26.8 Å². The lowest BCUT2D eigenvalue weighted by molar-refractivity contribution is 0.411. The summed E-state index contributed by atoms with van der Waals surface area (Å²) in [5.41, 5.74) is 6.38. The zero-order valence-electron chi connectivity index (χ0n) is 11.5. The average Bonchev–Trinajstić information content (AvgIpc) is 2.52. The minimum Gasteiger partial charge on any atom is -0.494 e. The summed E-state index contributed by atoms with van der Waals surface area (Å²) in [4.78, 5) is 0. The molecule has 0 aromatic heterocycles. The minimum atomic E-state index is 0.575. The maximum atomic E-state index is 6.21. The van der Waals surface area contributed by atoms with Crippen LogP contribution in [0.2, 0.25) is 5.02 Å². The zero-order valence-corrected chi connectivity index (χ0v) is 12.2. The molecular formula is C17H14ClNO2. The summed E-state index contributed by atoms with van der Waals surface area (Å²) in [5.74, 6) is 1.99. The van der Waals surface area contributed by atoms with Gasteiger partial charge >= 0.3 is 0 Å². The van der Waals surface area contributed by atoms with Crippen LogP contribution in [-0.4, -0.2) is 7.11 Å². The number of methoxy groups -OCH3 is 1. The van der Waals surface area contributed by atoms with E-state index in [1.54, 1.807) is 25.3 Å². The van der Waals surface area contributed by atoms with E-state index in [-0.39, 0.29) is 0 Å². The molecule has 0 atom stereocenters. The molecule has 0 amide bonds. The highest BCUT2D eigenvalue weighted by Crippen LogP contribution is 2.35. The van der Waals surface area contributed by atoms with Crippen molar-refractivity contribution < 1.29 is 9.47 Å². The molecule has 3 aromatic rings. The van der Waals surface area contributed by atoms with Crippen molar-refractivity contribution in [1.29, 1.82) is 0 Å². The van der Waals surface area contributed by atoms with Crippen LogP contribution in [0.5, 0.6) is 17.2 Å². The van der Waals surface area contributed by atoms with Gasteiger partial charge in [-0.3, -0.25) is 0 Å². The second-order valence-corrected chi connectivity index (χ2v) is 5.00. The molecule has 0 aliphatic carbocycles. The SMILES string of the molecule is COc1cc(Oc2ccc(Cl)c3ccccc23)ccc1N. The van der Waals surface area contributed by atoms with Gasteiger partial charge < -0.3 is 15.2 Å². The molecule has 0 radical (unpaired) electrons. The smallest absolute Gasteiger partial charge is 0.145 e. The highest BCUT2D eigenvalue weighted by molar-refractivity contribution is 6.35. The summed E-state index contributed by atoms with van der Waals surface area (Å²) in [7, 11) is 1.58. The third-order valence-electron chi connectivity index (χ3n) is 3.26. The number of halogens is 1. The van der Waals surface area contributed by atoms with Gasteiger partial charge in [-0.25, -0.2) is 0 Å². The normalized spacial score (nSPS) is 10.6. The summed E-state index contributed by atoms with van der Waals surface area (Å²) in [5, 5.41) is 2.62. The Kier molecular flexibility index (Phi) is 3.59. The molecule has 0 spiro atoms. The van der Waals surface area contributed by atoms with E-state index < -0.39 is 0 Å². The molecule has 0 aliphatic heterocycles. The van der Waals surface area contributed by atoms with E-state index in [0.717, 1.165) is 16.5 Å². The predicted molar refractivity (Wildman–Crippen MR) is 86.4 cm³/mol. The van der Waals surface area contributed by atoms with E-state index in [2.05, 4.69) is 0 Å². The first-order chi connectivity index (χ1) is 10.2. The summed E-state index contributed by atoms with van der Waals surface area (Å²) < 4.78 is 11.2. The maximum absolute atomic E-state index is 6.21. The van der Waals surface area contributed by atoms with Crippen molar-refractivity contribution in [2.24, 2.45) is 0 Å². The third-order valence-corrected chi connectivity index (χ3v) is 3.59. The molecule has 0 fully saturated rings. The van der Waals surface area contributed by atoms with Gasteiger partial charge in [0, 0.05) is 21.9 Å². The topological polar surface area (TPSA) is 44.5 Å². The van der Waals surface area contributed by atoms with Gasteiger partial charge in [-0.2, -0.15) is 0 Å². The van der Waals surface area contributed by atoms with Crippen LogP contribution in [0, 0.1) is 0 Å². The number of benzene rings is 3. The number of anilines is 1. The molecule has 3 nitrogen and oxygen atoms in total. The van der Waals surface area contributed by atoms with Gasteiger partial charge in [-0.15, -0.1) is 0 Å². The molecule has 0 unspecified atom stereocenters. The first-order valence-electron chi connectivity index (χ1n) is 6.47. The first kappa shape index (κ1) is 13.6. The highest BCUT2D eigenvalue weighted by atomic mass is 35.5. The number of nitrogens with two attached hydrogens (primary N) is 1. The van der Waals surface area contributed by atoms with E-state index >= 15 is 0 Å². The molecule has 0 saturated heterocycles. The van der Waals surface area contributed by atoms with Crippen molar-refractivity contribution in [2.45, 2.75) is 0 Å². The van der Waals surface area contributed by atoms with E-state index in [1.165, 1.54) is 0 Å². The molecule has 4 heteroatoms. The van der Waals surface area contributed by atoms with Gasteiger partial charge in [0.1, 0.15) is 17.2 Å². The Hall–Kier alpha value is -2.39. The monoisotopic (exact) mass is 299 g/mol. The summed E-state index contributed by atoms with van der Waals surface area (Å²) in [6.07, 6.45) is 0. The lowest BCUT2D eigenvalue weighted by atomic mass is 10.1. The fourth-order valence-electron chi connectivity index (χ4n) is 2.21. The van der Waals surface area contributed by atoms with Crippen LogP contribution in [0.4, 0.5) is 5.69 Å². The van der Waals surface area contributed by atoms with Crippen molar-refractivity contribution in [1.82, 2.24) is 0 Å². The molecule has 2 N–H and O–H groups in total. The number of hydrogen-bond acceptors (Lipinski definition) is 3. The van der Waals surface area contributed by atoms with E-state index in [0.29, 0.717) is 22.2 Å². The molecular weight excluding hydrogens is 286 g/mol. The van der Waals surface area contributed by atoms with Gasteiger partial charge in [-0.05, 0) is 24.3 Å². The fourth-order valence-corrected chi connectivity index (χ4v) is 2.43. The fraction of sp³-hybridized carbons (Fsp3) is 0.0588. The molecule has 0 bridgehead atoms. The molecule has 21 heavy (non-hydrogen) atoms. The Morgan fingerprint density at radius 2 is 1.67 bits per heavy atom. The number of fused-ring (bicyclic) bond motifs is 1. The summed E-state index contributed by atoms with van der Waals surface area (Å²) >= 11 is 6.21. The van der Waals surface area contributed by atoms with Gasteiger partial charge in [0.05, 0.1) is 12.8 Å². The van der Waals surface area contributed by atoms with Crippen molar-refractivity contribution in [3.63, 3.8) is 0 Å². The lowest BCUT2D eigenvalue weighted by Gasteiger charge is -2.12. The highest BCUT2D eigenvalue weighted by Gasteiger charge is 2.08. The minimum absolute atomic E-state index is 0.575.